The lowest BCUT2D eigenvalue weighted by Crippen LogP contribution is -2.49. The minimum absolute atomic E-state index is 0.157. The van der Waals surface area contributed by atoms with Crippen LogP contribution < -0.4 is 14.4 Å². The number of hydrogen-bond donors (Lipinski definition) is 2. The number of amides is 1. The van der Waals surface area contributed by atoms with E-state index in [1.54, 1.807) is 24.3 Å². The molecule has 2 aromatic carbocycles. The van der Waals surface area contributed by atoms with Crippen LogP contribution in [-0.2, 0) is 21.9 Å². The summed E-state index contributed by atoms with van der Waals surface area (Å²) in [5.41, 5.74) is 3.27. The molecule has 2 aromatic rings. The first-order valence-corrected chi connectivity index (χ1v) is 18.4. The molecule has 1 amide bonds. The van der Waals surface area contributed by atoms with E-state index in [4.69, 9.17) is 16.3 Å². The molecule has 9 heteroatoms. The highest BCUT2D eigenvalue weighted by atomic mass is 35.5. The van der Waals surface area contributed by atoms with Crippen LogP contribution >= 0.6 is 11.6 Å². The Balaban J connectivity index is 1.46. The van der Waals surface area contributed by atoms with Crippen LogP contribution in [0.25, 0.3) is 0 Å². The van der Waals surface area contributed by atoms with Crippen molar-refractivity contribution in [3.8, 4) is 5.75 Å². The van der Waals surface area contributed by atoms with Crippen molar-refractivity contribution in [3.05, 3.63) is 82.9 Å². The van der Waals surface area contributed by atoms with Gasteiger partial charge in [0.25, 0.3) is 5.91 Å². The highest BCUT2D eigenvalue weighted by Gasteiger charge is 2.44. The lowest BCUT2D eigenvalue weighted by Gasteiger charge is -2.45. The molecule has 0 radical (unpaired) electrons. The number of sulfonamides is 1. The summed E-state index contributed by atoms with van der Waals surface area (Å²) in [5, 5.41) is 11.7. The minimum Gasteiger partial charge on any atom is -0.490 e. The van der Waals surface area contributed by atoms with E-state index in [0.717, 1.165) is 55.7 Å². The molecule has 0 aromatic heterocycles. The van der Waals surface area contributed by atoms with Crippen LogP contribution in [0.3, 0.4) is 0 Å². The number of anilines is 1. The number of nitrogens with one attached hydrogen (secondary N) is 1. The molecule has 244 valence electrons. The van der Waals surface area contributed by atoms with Gasteiger partial charge in [-0.25, -0.2) is 13.1 Å². The van der Waals surface area contributed by atoms with Crippen LogP contribution in [0.1, 0.15) is 80.3 Å². The Morgan fingerprint density at radius 1 is 1.27 bits per heavy atom. The van der Waals surface area contributed by atoms with E-state index in [0.29, 0.717) is 31.9 Å². The van der Waals surface area contributed by atoms with E-state index in [9.17, 15) is 18.3 Å². The van der Waals surface area contributed by atoms with Gasteiger partial charge < -0.3 is 14.7 Å². The maximum atomic E-state index is 13.3. The number of aliphatic hydroxyl groups is 1. The molecule has 1 fully saturated rings. The van der Waals surface area contributed by atoms with Gasteiger partial charge >= 0.3 is 0 Å². The molecule has 3 aliphatic rings. The number of halogens is 1. The minimum atomic E-state index is -3.83. The Bertz CT molecular complexity index is 1530. The van der Waals surface area contributed by atoms with Crippen LogP contribution in [0.15, 0.2) is 61.2 Å². The first kappa shape index (κ1) is 33.6. The molecule has 2 aliphatic carbocycles. The second kappa shape index (κ2) is 14.3. The van der Waals surface area contributed by atoms with Gasteiger partial charge in [0.15, 0.2) is 0 Å². The van der Waals surface area contributed by atoms with Crippen molar-refractivity contribution in [2.24, 2.45) is 17.8 Å². The predicted molar refractivity (Wildman–Crippen MR) is 182 cm³/mol. The van der Waals surface area contributed by atoms with E-state index in [-0.39, 0.29) is 34.5 Å². The molecule has 5 atom stereocenters. The second-order valence-corrected chi connectivity index (χ2v) is 15.5. The van der Waals surface area contributed by atoms with E-state index >= 15 is 0 Å². The van der Waals surface area contributed by atoms with Crippen LogP contribution in [0.5, 0.6) is 5.75 Å². The normalized spacial score (nSPS) is 24.1. The summed E-state index contributed by atoms with van der Waals surface area (Å²) >= 11 is 6.40. The van der Waals surface area contributed by atoms with Gasteiger partial charge in [0.2, 0.25) is 10.0 Å². The lowest BCUT2D eigenvalue weighted by molar-refractivity contribution is 0.0456. The molecule has 0 unspecified atom stereocenters. The molecule has 1 spiro atoms. The molecule has 5 rings (SSSR count). The zero-order valence-electron chi connectivity index (χ0n) is 26.5. The summed E-state index contributed by atoms with van der Waals surface area (Å²) in [6.07, 6.45) is 12.7. The highest BCUT2D eigenvalue weighted by Crippen LogP contribution is 2.46. The Kier molecular flexibility index (Phi) is 10.7. The number of aryl methyl sites for hydroxylation is 1. The number of unbranched alkanes of at least 4 members (excludes halogenated alkanes) is 1. The van der Waals surface area contributed by atoms with Gasteiger partial charge in [-0.3, -0.25) is 4.79 Å². The third-order valence-electron chi connectivity index (χ3n) is 9.78. The van der Waals surface area contributed by atoms with Crippen LogP contribution in [0.2, 0.25) is 5.02 Å². The molecule has 0 bridgehead atoms. The fraction of sp³-hybridized carbons (Fsp3) is 0.528. The number of ether oxygens (including phenoxy) is 1. The van der Waals surface area contributed by atoms with Gasteiger partial charge in [-0.2, -0.15) is 0 Å². The van der Waals surface area contributed by atoms with Gasteiger partial charge in [0.05, 0.1) is 24.2 Å². The fourth-order valence-corrected chi connectivity index (χ4v) is 8.89. The van der Waals surface area contributed by atoms with Gasteiger partial charge in [-0.1, -0.05) is 56.2 Å². The van der Waals surface area contributed by atoms with E-state index < -0.39 is 22.0 Å². The summed E-state index contributed by atoms with van der Waals surface area (Å²) in [7, 11) is -3.83. The zero-order valence-corrected chi connectivity index (χ0v) is 28.1. The molecule has 45 heavy (non-hydrogen) atoms. The van der Waals surface area contributed by atoms with Crippen LogP contribution in [-0.4, -0.2) is 51.0 Å². The Morgan fingerprint density at radius 3 is 2.82 bits per heavy atom. The van der Waals surface area contributed by atoms with Crippen molar-refractivity contribution < 1.29 is 23.1 Å². The van der Waals surface area contributed by atoms with E-state index in [1.165, 1.54) is 11.1 Å². The van der Waals surface area contributed by atoms with Crippen molar-refractivity contribution in [3.63, 3.8) is 0 Å². The van der Waals surface area contributed by atoms with Crippen LogP contribution in [0, 0.1) is 17.8 Å². The average molecular weight is 655 g/mol. The molecule has 1 saturated carbocycles. The first-order chi connectivity index (χ1) is 21.5. The Morgan fingerprint density at radius 2 is 2.09 bits per heavy atom. The Labute approximate surface area is 273 Å². The standard InChI is InChI=1S/C36H47ClN2O5S/c1-4-6-7-11-33(40)30-15-12-28(30)21-39-23-36(18-8-10-26-19-29(37)14-16-31(26)36)24-44-34-17-13-27(20-32(34)39)35(41)38-45(42,43)22-25(3)9-5-2/h5,7,11,13-14,16-17,19-20,25,28,30,33,40H,2,4,6,8-10,12,15,18,21-24H2,1,3H3,(H,38,41)/b11-7+/t25-,28-,30+,33+,36-/m0/s1. The number of benzene rings is 2. The summed E-state index contributed by atoms with van der Waals surface area (Å²) in [5.74, 6) is 0.134. The maximum Gasteiger partial charge on any atom is 0.264 e. The summed E-state index contributed by atoms with van der Waals surface area (Å²) in [6, 6.07) is 11.4. The van der Waals surface area contributed by atoms with Crippen molar-refractivity contribution in [1.82, 2.24) is 4.72 Å². The summed E-state index contributed by atoms with van der Waals surface area (Å²) in [6.45, 7) is 9.50. The van der Waals surface area contributed by atoms with Gasteiger partial charge in [0, 0.05) is 29.1 Å². The second-order valence-electron chi connectivity index (χ2n) is 13.3. The fourth-order valence-electron chi connectivity index (χ4n) is 7.32. The summed E-state index contributed by atoms with van der Waals surface area (Å²) < 4.78 is 34.4. The maximum absolute atomic E-state index is 13.3. The summed E-state index contributed by atoms with van der Waals surface area (Å²) in [4.78, 5) is 15.6. The SMILES string of the molecule is C=CC[C@H](C)CS(=O)(=O)NC(=O)c1ccc2c(c1)N(C[C@@H]1CC[C@H]1[C@H](O)/C=C/CCC)C[C@@]1(CCCc3cc(Cl)ccc31)CO2. The first-order valence-electron chi connectivity index (χ1n) is 16.4. The largest absolute Gasteiger partial charge is 0.490 e. The van der Waals surface area contributed by atoms with E-state index in [2.05, 4.69) is 41.3 Å². The number of carbonyl (C=O) groups is 1. The lowest BCUT2D eigenvalue weighted by atomic mass is 9.68. The number of allylic oxidation sites excluding steroid dienone is 2. The molecule has 7 nitrogen and oxygen atoms in total. The number of nitrogens with zero attached hydrogens (tertiary/aromatic N) is 1. The molecule has 1 heterocycles. The topological polar surface area (TPSA) is 95.9 Å². The van der Waals surface area contributed by atoms with E-state index in [1.807, 2.05) is 19.1 Å². The molecule has 2 N–H and O–H groups in total. The quantitative estimate of drug-likeness (QED) is 0.244. The zero-order chi connectivity index (χ0) is 32.2. The average Bonchev–Trinajstić information content (AvgIpc) is 3.12. The van der Waals surface area contributed by atoms with Gasteiger partial charge in [-0.15, -0.1) is 6.58 Å². The van der Waals surface area contributed by atoms with Crippen molar-refractivity contribution in [1.29, 1.82) is 0 Å². The Hall–Kier alpha value is -2.81. The number of aliphatic hydroxyl groups excluding tert-OH is 1. The number of hydrogen-bond acceptors (Lipinski definition) is 6. The molecular weight excluding hydrogens is 608 g/mol. The molecular formula is C36H47ClN2O5S. The number of rotatable bonds is 12. The monoisotopic (exact) mass is 654 g/mol. The number of carbonyl (C=O) groups excluding carboxylic acids is 1. The highest BCUT2D eigenvalue weighted by molar-refractivity contribution is 7.90. The third-order valence-corrected chi connectivity index (χ3v) is 11.5. The van der Waals surface area contributed by atoms with Crippen molar-refractivity contribution in [2.45, 2.75) is 76.7 Å². The number of fused-ring (bicyclic) bond motifs is 3. The smallest absolute Gasteiger partial charge is 0.264 e. The van der Waals surface area contributed by atoms with Gasteiger partial charge in [-0.05, 0) is 104 Å². The third kappa shape index (κ3) is 7.78. The van der Waals surface area contributed by atoms with Crippen LogP contribution in [0.4, 0.5) is 5.69 Å². The van der Waals surface area contributed by atoms with Crippen molar-refractivity contribution >= 4 is 33.2 Å². The molecule has 1 aliphatic heterocycles. The predicted octanol–water partition coefficient (Wildman–Crippen LogP) is 6.83. The van der Waals surface area contributed by atoms with Gasteiger partial charge in [0.1, 0.15) is 5.75 Å². The van der Waals surface area contributed by atoms with Crippen molar-refractivity contribution in [2.75, 3.05) is 30.3 Å². The molecule has 0 saturated heterocycles.